The molecule has 0 bridgehead atoms. The zero-order valence-corrected chi connectivity index (χ0v) is 10.1. The molecule has 9 nitrogen and oxygen atoms in total. The largest absolute Gasteiger partial charge is 0.454 e. The van der Waals surface area contributed by atoms with Crippen LogP contribution in [-0.2, 0) is 13.9 Å². The van der Waals surface area contributed by atoms with Crippen LogP contribution in [0.5, 0.6) is 0 Å². The van der Waals surface area contributed by atoms with Crippen LogP contribution in [-0.4, -0.2) is 41.8 Å². The van der Waals surface area contributed by atoms with Crippen molar-refractivity contribution in [1.82, 2.24) is 0 Å². The van der Waals surface area contributed by atoms with Gasteiger partial charge in [-0.3, -0.25) is 14.0 Å². The minimum absolute atomic E-state index is 0.0248. The van der Waals surface area contributed by atoms with E-state index >= 15 is 0 Å². The Morgan fingerprint density at radius 1 is 1.25 bits per heavy atom. The van der Waals surface area contributed by atoms with Gasteiger partial charge in [0.05, 0.1) is 6.42 Å². The van der Waals surface area contributed by atoms with Gasteiger partial charge in [-0.05, 0) is 6.92 Å². The molecular weight excluding hydrogens is 262 g/mol. The van der Waals surface area contributed by atoms with Gasteiger partial charge in [-0.1, -0.05) is 0 Å². The number of carbonyl (C=O) groups is 1. The van der Waals surface area contributed by atoms with Crippen molar-refractivity contribution < 1.29 is 38.2 Å². The molecule has 5 N–H and O–H groups in total. The summed E-state index contributed by atoms with van der Waals surface area (Å²) in [5, 5.41) is 0. The molecule has 11 heteroatoms. The molecule has 94 valence electrons. The Balaban J connectivity index is 5.31. The maximum absolute atomic E-state index is 10.9. The fourth-order valence-electron chi connectivity index (χ4n) is 0.844. The molecule has 0 aromatic carbocycles. The van der Waals surface area contributed by atoms with Crippen molar-refractivity contribution in [2.45, 2.75) is 13.3 Å². The normalized spacial score (nSPS) is 14.6. The van der Waals surface area contributed by atoms with Crippen molar-refractivity contribution in [2.24, 2.45) is 0 Å². The first-order valence-corrected chi connectivity index (χ1v) is 7.29. The molecule has 0 atom stereocenters. The van der Waals surface area contributed by atoms with Crippen molar-refractivity contribution in [3.63, 3.8) is 0 Å². The lowest BCUT2D eigenvalue weighted by atomic mass is 10.3. The molecule has 16 heavy (non-hydrogen) atoms. The number of carbonyl (C=O) groups excluding carboxylic acids is 1. The van der Waals surface area contributed by atoms with Gasteiger partial charge < -0.3 is 25.4 Å². The van der Waals surface area contributed by atoms with Crippen LogP contribution in [0.15, 0.2) is 0 Å². The van der Waals surface area contributed by atoms with E-state index in [1.165, 1.54) is 0 Å². The Morgan fingerprint density at radius 2 is 1.69 bits per heavy atom. The van der Waals surface area contributed by atoms with E-state index in [2.05, 4.69) is 0 Å². The number of nitrogens with zero attached hydrogens (tertiary/aromatic N) is 1. The third kappa shape index (κ3) is 6.12. The fourth-order valence-corrected chi connectivity index (χ4v) is 2.31. The molecule has 0 aliphatic heterocycles. The monoisotopic (exact) mass is 274 g/mol. The van der Waals surface area contributed by atoms with Crippen LogP contribution in [0.25, 0.3) is 5.84 Å². The van der Waals surface area contributed by atoms with Gasteiger partial charge in [-0.25, -0.2) is 4.57 Å². The summed E-state index contributed by atoms with van der Waals surface area (Å²) in [6, 6.07) is 0. The van der Waals surface area contributed by atoms with Crippen LogP contribution in [0.3, 0.4) is 0 Å². The molecule has 0 aliphatic carbocycles. The van der Waals surface area contributed by atoms with Gasteiger partial charge in [0.15, 0.2) is 0 Å². The van der Waals surface area contributed by atoms with Gasteiger partial charge in [-0.15, -0.1) is 0 Å². The molecule has 0 fully saturated rings. The van der Waals surface area contributed by atoms with Crippen LogP contribution < -0.4 is 0 Å². The zero-order valence-electron chi connectivity index (χ0n) is 8.27. The summed E-state index contributed by atoms with van der Waals surface area (Å²) in [5.74, 6) is 6.47. The number of Topliss-reactive ketones (excluding diaryl/α,β-unsaturated/α-hetero) is 1. The molecule has 0 rings (SSSR count). The number of nitrogens with one attached hydrogen (secondary N) is 1. The molecule has 0 unspecified atom stereocenters. The summed E-state index contributed by atoms with van der Waals surface area (Å²) in [4.78, 5) is 45.4. The molecule has 0 saturated carbocycles. The third-order valence-corrected chi connectivity index (χ3v) is 3.10. The summed E-state index contributed by atoms with van der Waals surface area (Å²) in [6.07, 6.45) is -1.91. The van der Waals surface area contributed by atoms with E-state index in [-0.39, 0.29) is 4.68 Å². The van der Waals surface area contributed by atoms with E-state index in [9.17, 15) is 13.9 Å². The van der Waals surface area contributed by atoms with E-state index in [1.807, 2.05) is 0 Å². The topological polar surface area (TPSA) is 159 Å². The van der Waals surface area contributed by atoms with E-state index in [1.54, 1.807) is 0 Å². The molecule has 0 aliphatic rings. The number of ketones is 1. The lowest BCUT2D eigenvalue weighted by Gasteiger charge is -2.12. The lowest BCUT2D eigenvalue weighted by molar-refractivity contribution is -0.438. The maximum atomic E-state index is 10.9. The quantitative estimate of drug-likeness (QED) is 0.231. The van der Waals surface area contributed by atoms with Gasteiger partial charge in [-0.2, -0.15) is 0 Å². The predicted octanol–water partition coefficient (Wildman–Crippen LogP) is -0.343. The van der Waals surface area contributed by atoms with Crippen molar-refractivity contribution in [3.05, 3.63) is 5.84 Å². The van der Waals surface area contributed by atoms with Gasteiger partial charge in [0.25, 0.3) is 5.45 Å². The second kappa shape index (κ2) is 5.18. The van der Waals surface area contributed by atoms with Crippen molar-refractivity contribution in [2.75, 3.05) is 6.29 Å². The van der Waals surface area contributed by atoms with Crippen LogP contribution in [0.4, 0.5) is 0 Å². The van der Waals surface area contributed by atoms with Gasteiger partial charge in [0.2, 0.25) is 6.29 Å². The van der Waals surface area contributed by atoms with Crippen LogP contribution >= 0.6 is 15.2 Å². The molecule has 0 amide bonds. The lowest BCUT2D eigenvalue weighted by Crippen LogP contribution is -2.19. The molecule has 0 saturated heterocycles. The summed E-state index contributed by atoms with van der Waals surface area (Å²) in [6.45, 7) is 1.04. The van der Waals surface area contributed by atoms with Crippen LogP contribution in [0, 0.1) is 0 Å². The highest BCUT2D eigenvalue weighted by molar-refractivity contribution is 7.70. The molecule has 0 radical (unpaired) electrons. The minimum Gasteiger partial charge on any atom is -0.454 e. The smallest absolute Gasteiger partial charge is 0.414 e. The predicted molar refractivity (Wildman–Crippen MR) is 53.8 cm³/mol. The first-order chi connectivity index (χ1) is 6.93. The highest BCUT2D eigenvalue weighted by Gasteiger charge is 2.33. The van der Waals surface area contributed by atoms with Crippen molar-refractivity contribution >= 4 is 26.4 Å². The minimum atomic E-state index is -4.88. The molecule has 0 spiro atoms. The number of hydrogen-bond acceptors (Lipinski definition) is 3. The van der Waals surface area contributed by atoms with E-state index < -0.39 is 39.1 Å². The molecule has 0 aromatic rings. The second-order valence-electron chi connectivity index (χ2n) is 3.07. The summed E-state index contributed by atoms with van der Waals surface area (Å²) < 4.78 is 21.4. The maximum Gasteiger partial charge on any atom is 0.414 e. The summed E-state index contributed by atoms with van der Waals surface area (Å²) in [7, 11) is -9.51. The zero-order chi connectivity index (χ0) is 13.1. The molecule has 0 aromatic heterocycles. The van der Waals surface area contributed by atoms with Crippen molar-refractivity contribution in [3.8, 4) is 0 Å². The summed E-state index contributed by atoms with van der Waals surface area (Å²) in [5.41, 5.74) is -0.927. The standard InChI is InChI=1S/C5H12N2O7P2/c1-4(8)2-5(16(12,13)14)7(6)3-15(9,10)11/h6H,2-3H2,1H3,(H2,9,10,11)(H2,12,13,14). The van der Waals surface area contributed by atoms with Gasteiger partial charge in [0, 0.05) is 0 Å². The molecule has 0 heterocycles. The second-order valence-corrected chi connectivity index (χ2v) is 6.29. The Labute approximate surface area is 90.9 Å². The van der Waals surface area contributed by atoms with Gasteiger partial charge in [0.1, 0.15) is 5.78 Å². The average molecular weight is 274 g/mol. The number of rotatable bonds is 5. The molecular formula is C5H12N2O7P2. The Kier molecular flexibility index (Phi) is 5.00. The Hall–Kier alpha value is -0.560. The number of hydrogen-bond donors (Lipinski definition) is 4. The van der Waals surface area contributed by atoms with Crippen molar-refractivity contribution in [1.29, 1.82) is 0 Å². The SMILES string of the molecule is CC(=O)CC(=[N+]([NH-])CP(=O)(O)O)P(=O)(O)O. The van der Waals surface area contributed by atoms with Crippen LogP contribution in [0.2, 0.25) is 0 Å². The third-order valence-electron chi connectivity index (χ3n) is 1.38. The highest BCUT2D eigenvalue weighted by Crippen LogP contribution is 2.41. The van der Waals surface area contributed by atoms with Crippen LogP contribution in [0.1, 0.15) is 13.3 Å². The average Bonchev–Trinajstić information content (AvgIpc) is 1.93. The summed E-state index contributed by atoms with van der Waals surface area (Å²) >= 11 is 0. The Bertz CT molecular complexity index is 405. The van der Waals surface area contributed by atoms with E-state index in [0.29, 0.717) is 0 Å². The highest BCUT2D eigenvalue weighted by atomic mass is 31.2. The Morgan fingerprint density at radius 3 is 1.94 bits per heavy atom. The van der Waals surface area contributed by atoms with E-state index in [4.69, 9.17) is 25.4 Å². The first-order valence-electron chi connectivity index (χ1n) is 3.88. The van der Waals surface area contributed by atoms with Gasteiger partial charge >= 0.3 is 15.2 Å². The fraction of sp³-hybridized carbons (Fsp3) is 0.600. The van der Waals surface area contributed by atoms with E-state index in [0.717, 1.165) is 6.92 Å². The first kappa shape index (κ1) is 15.4.